The number of hydrogen-bond donors (Lipinski definition) is 2. The summed E-state index contributed by atoms with van der Waals surface area (Å²) in [4.78, 5) is 10.8. The van der Waals surface area contributed by atoms with Gasteiger partial charge in [-0.3, -0.25) is 4.79 Å². The topological polar surface area (TPSA) is 139 Å². The lowest BCUT2D eigenvalue weighted by Crippen LogP contribution is -2.18. The Hall–Kier alpha value is -2.87. The minimum atomic E-state index is -4.01. The van der Waals surface area contributed by atoms with E-state index in [-0.39, 0.29) is 20.7 Å². The number of sulfonamides is 1. The molecule has 3 rings (SSSR count). The molecule has 0 saturated carbocycles. The van der Waals surface area contributed by atoms with E-state index in [1.165, 1.54) is 17.0 Å². The number of nitrogens with one attached hydrogen (secondary N) is 1. The van der Waals surface area contributed by atoms with E-state index in [4.69, 9.17) is 27.1 Å². The van der Waals surface area contributed by atoms with E-state index in [1.807, 2.05) is 32.9 Å². The number of carbonyl (C=O) groups is 1. The van der Waals surface area contributed by atoms with Crippen molar-refractivity contribution in [2.45, 2.75) is 32.6 Å². The summed E-state index contributed by atoms with van der Waals surface area (Å²) in [5.41, 5.74) is 9.63. The zero-order valence-corrected chi connectivity index (χ0v) is 19.0. The van der Waals surface area contributed by atoms with Gasteiger partial charge in [0.25, 0.3) is 21.8 Å². The number of hydrogen-bond acceptors (Lipinski definition) is 7. The van der Waals surface area contributed by atoms with Gasteiger partial charge in [-0.25, -0.2) is 13.1 Å². The third kappa shape index (κ3) is 5.18. The number of rotatable bonds is 4. The van der Waals surface area contributed by atoms with Crippen LogP contribution in [0.15, 0.2) is 33.0 Å². The second kappa shape index (κ2) is 9.30. The van der Waals surface area contributed by atoms with E-state index < -0.39 is 15.9 Å². The minimum Gasteiger partial charge on any atom is -0.365 e. The van der Waals surface area contributed by atoms with Crippen LogP contribution in [0.25, 0.3) is 0 Å². The summed E-state index contributed by atoms with van der Waals surface area (Å²) in [5, 5.41) is 13.8. The first-order valence-electron chi connectivity index (χ1n) is 8.47. The molecule has 0 spiro atoms. The molecule has 0 aliphatic carbocycles. The molecule has 0 bridgehead atoms. The highest BCUT2D eigenvalue weighted by atomic mass is 35.5. The number of benzene rings is 1. The first-order chi connectivity index (χ1) is 14.0. The monoisotopic (exact) mass is 466 g/mol. The van der Waals surface area contributed by atoms with Gasteiger partial charge in [0.05, 0.1) is 11.6 Å². The van der Waals surface area contributed by atoms with Crippen LogP contribution in [0.5, 0.6) is 0 Å². The largest absolute Gasteiger partial charge is 0.365 e. The number of anilines is 1. The van der Waals surface area contributed by atoms with Crippen LogP contribution < -0.4 is 10.5 Å². The predicted octanol–water partition coefficient (Wildman–Crippen LogP) is 4.08. The van der Waals surface area contributed by atoms with Gasteiger partial charge in [0.15, 0.2) is 0 Å². The Balaban J connectivity index is 0.000000248. The van der Waals surface area contributed by atoms with Crippen molar-refractivity contribution in [2.24, 2.45) is 5.73 Å². The van der Waals surface area contributed by atoms with Gasteiger partial charge in [-0.1, -0.05) is 34.5 Å². The van der Waals surface area contributed by atoms with E-state index in [9.17, 15) is 13.2 Å². The summed E-state index contributed by atoms with van der Waals surface area (Å²) in [6.45, 7) is 7.54. The normalized spacial score (nSPS) is 10.7. The summed E-state index contributed by atoms with van der Waals surface area (Å²) >= 11 is 6.74. The van der Waals surface area contributed by atoms with Crippen molar-refractivity contribution in [3.8, 4) is 6.07 Å². The molecule has 8 nitrogen and oxygen atoms in total. The van der Waals surface area contributed by atoms with Crippen molar-refractivity contribution in [3.05, 3.63) is 61.4 Å². The fourth-order valence-corrected chi connectivity index (χ4v) is 5.10. The molecule has 0 fully saturated rings. The van der Waals surface area contributed by atoms with E-state index >= 15 is 0 Å². The molecular formula is C19H19ClN4O4S2. The van der Waals surface area contributed by atoms with Crippen LogP contribution in [0, 0.1) is 39.0 Å². The van der Waals surface area contributed by atoms with Crippen molar-refractivity contribution >= 4 is 44.8 Å². The maximum atomic E-state index is 12.1. The second-order valence-electron chi connectivity index (χ2n) is 6.38. The molecule has 3 N–H and O–H groups in total. The number of thiophene rings is 1. The van der Waals surface area contributed by atoms with Gasteiger partial charge >= 0.3 is 0 Å². The van der Waals surface area contributed by atoms with Crippen LogP contribution in [0.2, 0.25) is 5.02 Å². The number of nitrogens with zero attached hydrogens (tertiary/aromatic N) is 2. The number of primary amides is 1. The Bertz CT molecular complexity index is 1220. The Kier molecular flexibility index (Phi) is 7.25. The van der Waals surface area contributed by atoms with Crippen molar-refractivity contribution < 1.29 is 17.7 Å². The molecule has 0 radical (unpaired) electrons. The van der Waals surface area contributed by atoms with Crippen LogP contribution in [0.3, 0.4) is 0 Å². The highest BCUT2D eigenvalue weighted by Crippen LogP contribution is 2.29. The van der Waals surface area contributed by atoms with Gasteiger partial charge in [-0.2, -0.15) is 5.26 Å². The molecule has 3 aromatic rings. The Morgan fingerprint density at radius 1 is 1.27 bits per heavy atom. The van der Waals surface area contributed by atoms with Crippen molar-refractivity contribution in [3.63, 3.8) is 0 Å². The number of nitriles is 1. The highest BCUT2D eigenvalue weighted by molar-refractivity contribution is 7.93. The molecule has 30 heavy (non-hydrogen) atoms. The lowest BCUT2D eigenvalue weighted by Gasteiger charge is -2.04. The van der Waals surface area contributed by atoms with Crippen LogP contribution in [0.4, 0.5) is 5.88 Å². The van der Waals surface area contributed by atoms with Gasteiger partial charge < -0.3 is 10.3 Å². The van der Waals surface area contributed by atoms with Crippen molar-refractivity contribution in [1.29, 1.82) is 5.26 Å². The summed E-state index contributed by atoms with van der Waals surface area (Å²) < 4.78 is 31.0. The Morgan fingerprint density at radius 2 is 1.87 bits per heavy atom. The van der Waals surface area contributed by atoms with Crippen LogP contribution in [-0.4, -0.2) is 19.5 Å². The minimum absolute atomic E-state index is 0.0550. The summed E-state index contributed by atoms with van der Waals surface area (Å²) in [5.74, 6) is -1.03. The number of nitrogens with two attached hydrogens (primary N) is 1. The summed E-state index contributed by atoms with van der Waals surface area (Å²) in [6, 6.07) is 7.53. The maximum absolute atomic E-state index is 12.1. The molecule has 2 aromatic heterocycles. The van der Waals surface area contributed by atoms with Gasteiger partial charge in [0, 0.05) is 0 Å². The molecule has 1 aromatic carbocycles. The molecule has 11 heteroatoms. The van der Waals surface area contributed by atoms with Gasteiger partial charge in [-0.05, 0) is 50.3 Å². The first kappa shape index (κ1) is 23.4. The highest BCUT2D eigenvalue weighted by Gasteiger charge is 2.25. The van der Waals surface area contributed by atoms with E-state index in [2.05, 4.69) is 15.9 Å². The smallest absolute Gasteiger partial charge is 0.265 e. The number of aryl methyl sites for hydroxylation is 4. The average Bonchev–Trinajstić information content (AvgIpc) is 3.25. The standard InChI is InChI=1S/C10H11N.C9H8ClN3O4S2/c1-7-4-8(2)10(6-11)9(3)5-7;1-4-6(10)9(17-12-4)13-19(15,16)5-2-3-18-7(5)8(11)14/h4-5H,1-3H3;2-3,13H,1H3,(H2,11,14). The lowest BCUT2D eigenvalue weighted by molar-refractivity contribution is 0.100. The third-order valence-corrected chi connectivity index (χ3v) is 6.83. The van der Waals surface area contributed by atoms with Crippen LogP contribution in [-0.2, 0) is 10.0 Å². The van der Waals surface area contributed by atoms with Gasteiger partial charge in [0.2, 0.25) is 0 Å². The number of aromatic nitrogens is 1. The third-order valence-electron chi connectivity index (χ3n) is 3.95. The molecule has 0 saturated heterocycles. The van der Waals surface area contributed by atoms with Gasteiger partial charge in [0.1, 0.15) is 20.5 Å². The molecule has 0 atom stereocenters. The van der Waals surface area contributed by atoms with Crippen LogP contribution >= 0.6 is 22.9 Å². The molecular weight excluding hydrogens is 448 g/mol. The van der Waals surface area contributed by atoms with Crippen LogP contribution in [0.1, 0.15) is 37.6 Å². The summed E-state index contributed by atoms with van der Waals surface area (Å²) in [7, 11) is -4.01. The fraction of sp³-hybridized carbons (Fsp3) is 0.211. The zero-order chi connectivity index (χ0) is 22.6. The molecule has 0 unspecified atom stereocenters. The predicted molar refractivity (Wildman–Crippen MR) is 115 cm³/mol. The quantitative estimate of drug-likeness (QED) is 0.593. The second-order valence-corrected chi connectivity index (χ2v) is 9.33. The molecule has 0 aliphatic rings. The average molecular weight is 467 g/mol. The van der Waals surface area contributed by atoms with E-state index in [0.29, 0.717) is 5.69 Å². The SMILES string of the molecule is Cc1cc(C)c(C#N)c(C)c1.Cc1noc(NS(=O)(=O)c2ccsc2C(N)=O)c1Cl. The van der Waals surface area contributed by atoms with Gasteiger partial charge in [-0.15, -0.1) is 11.3 Å². The lowest BCUT2D eigenvalue weighted by atomic mass is 10.0. The molecule has 2 heterocycles. The Labute approximate surface area is 183 Å². The van der Waals surface area contributed by atoms with E-state index in [1.54, 1.807) is 6.92 Å². The number of carbonyl (C=O) groups excluding carboxylic acids is 1. The molecule has 1 amide bonds. The number of halogens is 1. The van der Waals surface area contributed by atoms with Crippen molar-refractivity contribution in [2.75, 3.05) is 4.72 Å². The maximum Gasteiger partial charge on any atom is 0.265 e. The first-order valence-corrected chi connectivity index (χ1v) is 11.2. The van der Waals surface area contributed by atoms with E-state index in [0.717, 1.165) is 28.0 Å². The molecule has 0 aliphatic heterocycles. The fourth-order valence-electron chi connectivity index (χ4n) is 2.64. The van der Waals surface area contributed by atoms with Crippen molar-refractivity contribution in [1.82, 2.24) is 5.16 Å². The molecule has 158 valence electrons. The summed E-state index contributed by atoms with van der Waals surface area (Å²) in [6.07, 6.45) is 0. The Morgan fingerprint density at radius 3 is 2.33 bits per heavy atom. The zero-order valence-electron chi connectivity index (χ0n) is 16.6. The number of amides is 1.